The largest absolute Gasteiger partial charge is 0.484 e. The summed E-state index contributed by atoms with van der Waals surface area (Å²) >= 11 is 5.99. The number of benzene rings is 2. The number of halogens is 1. The Labute approximate surface area is 155 Å². The zero-order valence-corrected chi connectivity index (χ0v) is 14.7. The minimum absolute atomic E-state index is 0.212. The highest BCUT2D eigenvalue weighted by atomic mass is 35.5. The van der Waals surface area contributed by atoms with Gasteiger partial charge in [0.15, 0.2) is 6.61 Å². The molecule has 0 heterocycles. The van der Waals surface area contributed by atoms with Crippen LogP contribution >= 0.6 is 11.6 Å². The number of anilines is 1. The van der Waals surface area contributed by atoms with E-state index in [1.54, 1.807) is 24.3 Å². The van der Waals surface area contributed by atoms with Crippen LogP contribution in [0.25, 0.3) is 0 Å². The van der Waals surface area contributed by atoms with Gasteiger partial charge in [0.05, 0.1) is 29.9 Å². The number of ether oxygens (including phenoxy) is 2. The molecule has 0 fully saturated rings. The number of carbonyl (C=O) groups excluding carboxylic acids is 3. The summed E-state index contributed by atoms with van der Waals surface area (Å²) in [5.74, 6) is -0.942. The second-order valence-corrected chi connectivity index (χ2v) is 5.52. The maximum absolute atomic E-state index is 12.0. The summed E-state index contributed by atoms with van der Waals surface area (Å²) in [7, 11) is 1.25. The summed E-state index contributed by atoms with van der Waals surface area (Å²) in [6.07, 6.45) is 0. The van der Waals surface area contributed by atoms with E-state index in [1.165, 1.54) is 25.3 Å². The van der Waals surface area contributed by atoms with E-state index in [9.17, 15) is 14.4 Å². The van der Waals surface area contributed by atoms with Gasteiger partial charge in [0.25, 0.3) is 5.91 Å². The van der Waals surface area contributed by atoms with E-state index in [0.29, 0.717) is 5.75 Å². The Hall–Kier alpha value is -3.06. The topological polar surface area (TPSA) is 93.7 Å². The zero-order chi connectivity index (χ0) is 18.9. The Balaban J connectivity index is 1.83. The van der Waals surface area contributed by atoms with Gasteiger partial charge in [-0.05, 0) is 30.3 Å². The van der Waals surface area contributed by atoms with Crippen LogP contribution in [0.5, 0.6) is 5.75 Å². The molecule has 0 unspecified atom stereocenters. The van der Waals surface area contributed by atoms with Gasteiger partial charge in [-0.3, -0.25) is 9.59 Å². The Morgan fingerprint density at radius 2 is 1.77 bits per heavy atom. The van der Waals surface area contributed by atoms with Crippen molar-refractivity contribution in [1.29, 1.82) is 0 Å². The van der Waals surface area contributed by atoms with Gasteiger partial charge in [-0.1, -0.05) is 29.8 Å². The van der Waals surface area contributed by atoms with Crippen LogP contribution in [-0.4, -0.2) is 38.0 Å². The van der Waals surface area contributed by atoms with Crippen LogP contribution in [0.2, 0.25) is 5.02 Å². The third kappa shape index (κ3) is 5.78. The molecule has 136 valence electrons. The summed E-state index contributed by atoms with van der Waals surface area (Å²) in [6.45, 7) is -0.481. The molecular weight excluding hydrogens is 360 g/mol. The number of para-hydroxylation sites is 1. The van der Waals surface area contributed by atoms with Gasteiger partial charge in [0.2, 0.25) is 5.91 Å². The van der Waals surface area contributed by atoms with E-state index >= 15 is 0 Å². The first-order valence-corrected chi connectivity index (χ1v) is 7.99. The fourth-order valence-electron chi connectivity index (χ4n) is 1.96. The van der Waals surface area contributed by atoms with Crippen LogP contribution in [0, 0.1) is 0 Å². The molecule has 0 radical (unpaired) electrons. The maximum Gasteiger partial charge on any atom is 0.337 e. The predicted octanol–water partition coefficient (Wildman–Crippen LogP) is 2.26. The molecular formula is C18H17ClN2O5. The van der Waals surface area contributed by atoms with Crippen LogP contribution in [0.4, 0.5) is 5.69 Å². The summed E-state index contributed by atoms with van der Waals surface area (Å²) < 4.78 is 9.89. The molecule has 0 bridgehead atoms. The van der Waals surface area contributed by atoms with Crippen molar-refractivity contribution in [2.24, 2.45) is 0 Å². The highest BCUT2D eigenvalue weighted by Gasteiger charge is 2.12. The van der Waals surface area contributed by atoms with Crippen LogP contribution in [0.1, 0.15) is 10.4 Å². The third-order valence-corrected chi connectivity index (χ3v) is 3.55. The Bertz CT molecular complexity index is 795. The highest BCUT2D eigenvalue weighted by Crippen LogP contribution is 2.23. The predicted molar refractivity (Wildman–Crippen MR) is 96.4 cm³/mol. The first kappa shape index (κ1) is 19.3. The van der Waals surface area contributed by atoms with E-state index in [1.807, 2.05) is 6.07 Å². The molecule has 26 heavy (non-hydrogen) atoms. The fourth-order valence-corrected chi connectivity index (χ4v) is 2.12. The van der Waals surface area contributed by atoms with Crippen molar-refractivity contribution in [3.8, 4) is 5.75 Å². The number of esters is 1. The number of carbonyl (C=O) groups is 3. The third-order valence-electron chi connectivity index (χ3n) is 3.22. The van der Waals surface area contributed by atoms with Crippen molar-refractivity contribution in [2.75, 3.05) is 25.6 Å². The number of hydrogen-bond donors (Lipinski definition) is 2. The van der Waals surface area contributed by atoms with Crippen LogP contribution in [0.15, 0.2) is 48.5 Å². The first-order valence-electron chi connectivity index (χ1n) is 7.62. The molecule has 0 aromatic heterocycles. The van der Waals surface area contributed by atoms with Gasteiger partial charge >= 0.3 is 5.97 Å². The molecule has 0 saturated heterocycles. The molecule has 2 N–H and O–H groups in total. The lowest BCUT2D eigenvalue weighted by Crippen LogP contribution is -2.35. The number of nitrogens with one attached hydrogen (secondary N) is 2. The fraction of sp³-hybridized carbons (Fsp3) is 0.167. The van der Waals surface area contributed by atoms with Gasteiger partial charge in [-0.2, -0.15) is 0 Å². The minimum atomic E-state index is -0.552. The summed E-state index contributed by atoms with van der Waals surface area (Å²) in [6, 6.07) is 13.2. The molecule has 7 nitrogen and oxygen atoms in total. The molecule has 0 saturated carbocycles. The lowest BCUT2D eigenvalue weighted by atomic mass is 10.2. The molecule has 2 rings (SSSR count). The molecule has 0 spiro atoms. The van der Waals surface area contributed by atoms with E-state index in [0.717, 1.165) is 0 Å². The first-order chi connectivity index (χ1) is 12.5. The quantitative estimate of drug-likeness (QED) is 0.723. The summed E-state index contributed by atoms with van der Waals surface area (Å²) in [4.78, 5) is 35.2. The second kappa shape index (κ2) is 9.43. The average Bonchev–Trinajstić information content (AvgIpc) is 2.66. The summed E-state index contributed by atoms with van der Waals surface area (Å²) in [5.41, 5.74) is 0.488. The smallest absolute Gasteiger partial charge is 0.337 e. The Kier molecular flexibility index (Phi) is 6.99. The number of amides is 2. The summed E-state index contributed by atoms with van der Waals surface area (Å²) in [5, 5.41) is 5.21. The second-order valence-electron chi connectivity index (χ2n) is 5.11. The Morgan fingerprint density at radius 3 is 2.46 bits per heavy atom. The van der Waals surface area contributed by atoms with Crippen LogP contribution in [-0.2, 0) is 14.3 Å². The van der Waals surface area contributed by atoms with Crippen molar-refractivity contribution in [1.82, 2.24) is 5.32 Å². The van der Waals surface area contributed by atoms with Gasteiger partial charge in [-0.25, -0.2) is 4.79 Å². The van der Waals surface area contributed by atoms with Crippen molar-refractivity contribution in [3.05, 3.63) is 59.1 Å². The number of hydrogen-bond acceptors (Lipinski definition) is 5. The highest BCUT2D eigenvalue weighted by molar-refractivity contribution is 6.33. The van der Waals surface area contributed by atoms with Gasteiger partial charge in [-0.15, -0.1) is 0 Å². The minimum Gasteiger partial charge on any atom is -0.484 e. The van der Waals surface area contributed by atoms with E-state index in [2.05, 4.69) is 15.4 Å². The lowest BCUT2D eigenvalue weighted by molar-refractivity contribution is -0.125. The van der Waals surface area contributed by atoms with E-state index in [4.69, 9.17) is 16.3 Å². The Morgan fingerprint density at radius 1 is 1.04 bits per heavy atom. The molecule has 0 atom stereocenters. The van der Waals surface area contributed by atoms with Crippen LogP contribution < -0.4 is 15.4 Å². The normalized spacial score (nSPS) is 9.92. The van der Waals surface area contributed by atoms with Crippen molar-refractivity contribution in [2.45, 2.75) is 0 Å². The molecule has 8 heteroatoms. The molecule has 0 aliphatic rings. The van der Waals surface area contributed by atoms with Gasteiger partial charge < -0.3 is 20.1 Å². The van der Waals surface area contributed by atoms with Gasteiger partial charge in [0.1, 0.15) is 5.75 Å². The molecule has 2 aromatic rings. The van der Waals surface area contributed by atoms with Crippen molar-refractivity contribution < 1.29 is 23.9 Å². The van der Waals surface area contributed by atoms with E-state index in [-0.39, 0.29) is 29.4 Å². The zero-order valence-electron chi connectivity index (χ0n) is 14.0. The van der Waals surface area contributed by atoms with Crippen molar-refractivity contribution >= 4 is 35.1 Å². The molecule has 2 aromatic carbocycles. The maximum atomic E-state index is 12.0. The standard InChI is InChI=1S/C18H17ClN2O5/c1-25-18(24)12-7-8-14(19)15(9-12)21-16(22)10-20-17(23)11-26-13-5-3-2-4-6-13/h2-9H,10-11H2,1H3,(H,20,23)(H,21,22). The number of methoxy groups -OCH3 is 1. The number of rotatable bonds is 7. The average molecular weight is 377 g/mol. The lowest BCUT2D eigenvalue weighted by Gasteiger charge is -2.10. The van der Waals surface area contributed by atoms with Gasteiger partial charge in [0, 0.05) is 0 Å². The molecule has 2 amide bonds. The molecule has 0 aliphatic heterocycles. The molecule has 0 aliphatic carbocycles. The van der Waals surface area contributed by atoms with Crippen molar-refractivity contribution in [3.63, 3.8) is 0 Å². The van der Waals surface area contributed by atoms with E-state index < -0.39 is 17.8 Å². The van der Waals surface area contributed by atoms with Crippen LogP contribution in [0.3, 0.4) is 0 Å². The SMILES string of the molecule is COC(=O)c1ccc(Cl)c(NC(=O)CNC(=O)COc2ccccc2)c1. The monoisotopic (exact) mass is 376 g/mol.